The largest absolute Gasteiger partial charge is 0.384 e. The molecule has 0 saturated carbocycles. The molecule has 1 unspecified atom stereocenters. The fourth-order valence-corrected chi connectivity index (χ4v) is 3.31. The molecule has 3 nitrogen and oxygen atoms in total. The summed E-state index contributed by atoms with van der Waals surface area (Å²) in [6, 6.07) is 0. The molecule has 1 aromatic rings. The third-order valence-corrected chi connectivity index (χ3v) is 4.08. The third kappa shape index (κ3) is 1.33. The number of aliphatic hydroxyl groups excluding tert-OH is 1. The van der Waals surface area contributed by atoms with Crippen LogP contribution in [0.5, 0.6) is 0 Å². The Morgan fingerprint density at radius 2 is 2.38 bits per heavy atom. The summed E-state index contributed by atoms with van der Waals surface area (Å²) < 4.78 is 0. The monoisotopic (exact) mass is 214 g/mol. The Morgan fingerprint density at radius 1 is 1.62 bits per heavy atom. The number of hydrogen-bond acceptors (Lipinski definition) is 5. The molecule has 1 aliphatic heterocycles. The van der Waals surface area contributed by atoms with Gasteiger partial charge in [-0.25, -0.2) is 0 Å². The van der Waals surface area contributed by atoms with E-state index in [1.165, 1.54) is 23.1 Å². The molecule has 0 fully saturated rings. The van der Waals surface area contributed by atoms with E-state index in [4.69, 9.17) is 0 Å². The first-order chi connectivity index (χ1) is 6.24. The first-order valence-electron chi connectivity index (χ1n) is 3.65. The number of Topliss-reactive ketones (excluding diaryl/α,β-unsaturated/α-hetero) is 1. The fraction of sp³-hybridized carbons (Fsp3) is 0.250. The SMILES string of the molecule is O=Cc1scc2c1SCC(O)C2=O. The van der Waals surface area contributed by atoms with Gasteiger partial charge in [-0.3, -0.25) is 9.59 Å². The van der Waals surface area contributed by atoms with E-state index >= 15 is 0 Å². The van der Waals surface area contributed by atoms with E-state index in [9.17, 15) is 14.7 Å². The average molecular weight is 214 g/mol. The number of rotatable bonds is 1. The van der Waals surface area contributed by atoms with Crippen LogP contribution in [0.15, 0.2) is 10.3 Å². The summed E-state index contributed by atoms with van der Waals surface area (Å²) in [6.07, 6.45) is -0.159. The molecule has 0 bridgehead atoms. The zero-order valence-electron chi connectivity index (χ0n) is 6.52. The van der Waals surface area contributed by atoms with Crippen LogP contribution in [0, 0.1) is 0 Å². The van der Waals surface area contributed by atoms with E-state index in [2.05, 4.69) is 0 Å². The van der Waals surface area contributed by atoms with Crippen molar-refractivity contribution in [1.82, 2.24) is 0 Å². The van der Waals surface area contributed by atoms with Gasteiger partial charge >= 0.3 is 0 Å². The standard InChI is InChI=1S/C8H6O3S2/c9-1-6-8-4(2-12-6)7(11)5(10)3-13-8/h1-2,5,10H,3H2. The second-order valence-corrected chi connectivity index (χ2v) is 4.59. The van der Waals surface area contributed by atoms with Crippen LogP contribution in [-0.2, 0) is 0 Å². The summed E-state index contributed by atoms with van der Waals surface area (Å²) in [6.45, 7) is 0. The zero-order chi connectivity index (χ0) is 9.42. The van der Waals surface area contributed by atoms with E-state index < -0.39 is 6.10 Å². The van der Waals surface area contributed by atoms with Crippen LogP contribution < -0.4 is 0 Å². The predicted octanol–water partition coefficient (Wildman–Crippen LogP) is 1.21. The third-order valence-electron chi connectivity index (χ3n) is 1.83. The van der Waals surface area contributed by atoms with Gasteiger partial charge in [0.15, 0.2) is 12.1 Å². The van der Waals surface area contributed by atoms with Crippen LogP contribution in [0.3, 0.4) is 0 Å². The lowest BCUT2D eigenvalue weighted by Crippen LogP contribution is -2.26. The number of hydrogen-bond donors (Lipinski definition) is 1. The lowest BCUT2D eigenvalue weighted by molar-refractivity contribution is 0.0779. The van der Waals surface area contributed by atoms with E-state index in [-0.39, 0.29) is 5.78 Å². The van der Waals surface area contributed by atoms with Crippen molar-refractivity contribution in [3.8, 4) is 0 Å². The molecule has 2 rings (SSSR count). The normalized spacial score (nSPS) is 21.3. The molecule has 0 radical (unpaired) electrons. The minimum Gasteiger partial charge on any atom is -0.384 e. The van der Waals surface area contributed by atoms with Crippen molar-refractivity contribution in [2.75, 3.05) is 5.75 Å². The first kappa shape index (κ1) is 8.93. The molecule has 1 atom stereocenters. The molecule has 0 saturated heterocycles. The van der Waals surface area contributed by atoms with E-state index in [0.717, 1.165) is 11.2 Å². The topological polar surface area (TPSA) is 54.4 Å². The smallest absolute Gasteiger partial charge is 0.194 e. The molecular formula is C8H6O3S2. The van der Waals surface area contributed by atoms with Gasteiger partial charge in [0.05, 0.1) is 4.88 Å². The maximum absolute atomic E-state index is 11.4. The first-order valence-corrected chi connectivity index (χ1v) is 5.52. The van der Waals surface area contributed by atoms with Gasteiger partial charge in [-0.15, -0.1) is 23.1 Å². The molecule has 5 heteroatoms. The number of carbonyl (C=O) groups is 2. The van der Waals surface area contributed by atoms with Crippen LogP contribution in [0.2, 0.25) is 0 Å². The van der Waals surface area contributed by atoms with Crippen LogP contribution in [-0.4, -0.2) is 29.0 Å². The van der Waals surface area contributed by atoms with Gasteiger partial charge in [-0.05, 0) is 0 Å². The van der Waals surface area contributed by atoms with Crippen molar-refractivity contribution in [3.63, 3.8) is 0 Å². The molecule has 0 amide bonds. The Labute approximate surface area is 82.8 Å². The van der Waals surface area contributed by atoms with Crippen LogP contribution >= 0.6 is 23.1 Å². The molecule has 1 aliphatic rings. The van der Waals surface area contributed by atoms with Crippen molar-refractivity contribution in [2.45, 2.75) is 11.0 Å². The average Bonchev–Trinajstić information content (AvgIpc) is 2.55. The highest BCUT2D eigenvalue weighted by Gasteiger charge is 2.28. The number of thioether (sulfide) groups is 1. The number of aldehydes is 1. The second-order valence-electron chi connectivity index (χ2n) is 2.65. The maximum atomic E-state index is 11.4. The van der Waals surface area contributed by atoms with Crippen LogP contribution in [0.4, 0.5) is 0 Å². The molecule has 0 aromatic carbocycles. The Balaban J connectivity index is 2.51. The Bertz CT molecular complexity index is 369. The molecule has 68 valence electrons. The summed E-state index contributed by atoms with van der Waals surface area (Å²) in [4.78, 5) is 23.2. The Hall–Kier alpha value is -0.650. The van der Waals surface area contributed by atoms with Crippen molar-refractivity contribution >= 4 is 35.2 Å². The number of aliphatic hydroxyl groups is 1. The molecule has 2 heterocycles. The maximum Gasteiger partial charge on any atom is 0.194 e. The highest BCUT2D eigenvalue weighted by atomic mass is 32.2. The Morgan fingerprint density at radius 3 is 3.08 bits per heavy atom. The minimum atomic E-state index is -0.911. The summed E-state index contributed by atoms with van der Waals surface area (Å²) in [5, 5.41) is 10.9. The van der Waals surface area contributed by atoms with Gasteiger partial charge in [0.1, 0.15) is 6.10 Å². The summed E-state index contributed by atoms with van der Waals surface area (Å²) in [5.74, 6) is 0.0850. The van der Waals surface area contributed by atoms with Crippen molar-refractivity contribution in [3.05, 3.63) is 15.8 Å². The summed E-state index contributed by atoms with van der Waals surface area (Å²) in [5.41, 5.74) is 0.496. The fourth-order valence-electron chi connectivity index (χ4n) is 1.18. The van der Waals surface area contributed by atoms with Crippen LogP contribution in [0.25, 0.3) is 0 Å². The van der Waals surface area contributed by atoms with Crippen molar-refractivity contribution in [2.24, 2.45) is 0 Å². The van der Waals surface area contributed by atoms with Crippen molar-refractivity contribution < 1.29 is 14.7 Å². The summed E-state index contributed by atoms with van der Waals surface area (Å²) >= 11 is 2.62. The van der Waals surface area contributed by atoms with Gasteiger partial charge in [-0.1, -0.05) is 0 Å². The number of fused-ring (bicyclic) bond motifs is 1. The van der Waals surface area contributed by atoms with E-state index in [1.807, 2.05) is 0 Å². The number of thiophene rings is 1. The zero-order valence-corrected chi connectivity index (χ0v) is 8.15. The molecule has 0 aliphatic carbocycles. The van der Waals surface area contributed by atoms with Crippen molar-refractivity contribution in [1.29, 1.82) is 0 Å². The van der Waals surface area contributed by atoms with E-state index in [0.29, 0.717) is 16.2 Å². The predicted molar refractivity (Wildman–Crippen MR) is 50.8 cm³/mol. The molecular weight excluding hydrogens is 208 g/mol. The quantitative estimate of drug-likeness (QED) is 0.714. The van der Waals surface area contributed by atoms with E-state index in [1.54, 1.807) is 5.38 Å². The number of carbonyl (C=O) groups excluding carboxylic acids is 2. The van der Waals surface area contributed by atoms with Gasteiger partial charge in [0.2, 0.25) is 0 Å². The van der Waals surface area contributed by atoms with Gasteiger partial charge in [-0.2, -0.15) is 0 Å². The Kier molecular flexibility index (Phi) is 2.23. The molecule has 1 aromatic heterocycles. The van der Waals surface area contributed by atoms with Gasteiger partial charge in [0.25, 0.3) is 0 Å². The number of ketones is 1. The molecule has 1 N–H and O–H groups in total. The highest BCUT2D eigenvalue weighted by molar-refractivity contribution is 7.99. The second kappa shape index (κ2) is 3.25. The lowest BCUT2D eigenvalue weighted by Gasteiger charge is -2.15. The highest BCUT2D eigenvalue weighted by Crippen LogP contribution is 2.36. The van der Waals surface area contributed by atoms with Gasteiger partial charge in [0, 0.05) is 21.6 Å². The molecule has 13 heavy (non-hydrogen) atoms. The minimum absolute atomic E-state index is 0.266. The lowest BCUT2D eigenvalue weighted by atomic mass is 10.1. The molecule has 0 spiro atoms. The summed E-state index contributed by atoms with van der Waals surface area (Å²) in [7, 11) is 0. The van der Waals surface area contributed by atoms with Gasteiger partial charge < -0.3 is 5.11 Å². The van der Waals surface area contributed by atoms with Crippen LogP contribution in [0.1, 0.15) is 20.0 Å².